The molecule has 0 unspecified atom stereocenters. The monoisotopic (exact) mass is 238 g/mol. The highest BCUT2D eigenvalue weighted by atomic mass is 32.1. The summed E-state index contributed by atoms with van der Waals surface area (Å²) in [7, 11) is 0. The number of piperidine rings is 1. The van der Waals surface area contributed by atoms with Gasteiger partial charge in [0.1, 0.15) is 6.33 Å². The molecule has 0 bridgehead atoms. The zero-order chi connectivity index (χ0) is 10.8. The molecule has 1 aromatic heterocycles. The van der Waals surface area contributed by atoms with Gasteiger partial charge in [-0.2, -0.15) is 4.37 Å². The molecule has 3 rings (SSSR count). The van der Waals surface area contributed by atoms with E-state index in [4.69, 9.17) is 0 Å². The van der Waals surface area contributed by atoms with Gasteiger partial charge in [0.25, 0.3) is 0 Å². The fourth-order valence-electron chi connectivity index (χ4n) is 2.26. The molecule has 2 aliphatic rings. The molecule has 0 atom stereocenters. The van der Waals surface area contributed by atoms with Gasteiger partial charge in [0.05, 0.1) is 0 Å². The quantitative estimate of drug-likeness (QED) is 0.863. The number of hydrogen-bond acceptors (Lipinski definition) is 5. The number of nitrogens with zero attached hydrogens (tertiary/aromatic N) is 3. The Hall–Kier alpha value is -0.680. The van der Waals surface area contributed by atoms with Crippen LogP contribution in [0.3, 0.4) is 0 Å². The molecule has 16 heavy (non-hydrogen) atoms. The predicted molar refractivity (Wildman–Crippen MR) is 65.9 cm³/mol. The Balaban J connectivity index is 1.44. The van der Waals surface area contributed by atoms with Crippen LogP contribution in [0.15, 0.2) is 6.33 Å². The molecule has 0 aromatic carbocycles. The number of hydrogen-bond donors (Lipinski definition) is 1. The molecule has 1 aliphatic heterocycles. The van der Waals surface area contributed by atoms with E-state index in [0.29, 0.717) is 0 Å². The largest absolute Gasteiger partial charge is 0.347 e. The van der Waals surface area contributed by atoms with Crippen LogP contribution in [0, 0.1) is 5.92 Å². The summed E-state index contributed by atoms with van der Waals surface area (Å²) in [5, 5.41) is 4.72. The van der Waals surface area contributed by atoms with Crippen molar-refractivity contribution >= 4 is 16.7 Å². The molecule has 4 nitrogen and oxygen atoms in total. The second kappa shape index (κ2) is 4.67. The second-order valence-corrected chi connectivity index (χ2v) is 5.60. The lowest BCUT2D eigenvalue weighted by Gasteiger charge is -2.31. The normalized spacial score (nSPS) is 22.6. The van der Waals surface area contributed by atoms with Crippen LogP contribution in [0.4, 0.5) is 5.13 Å². The maximum Gasteiger partial charge on any atom is 0.204 e. The summed E-state index contributed by atoms with van der Waals surface area (Å²) in [4.78, 5) is 6.63. The maximum absolute atomic E-state index is 4.27. The van der Waals surface area contributed by atoms with Crippen molar-refractivity contribution in [2.75, 3.05) is 24.5 Å². The van der Waals surface area contributed by atoms with Crippen LogP contribution in [-0.2, 0) is 0 Å². The summed E-state index contributed by atoms with van der Waals surface area (Å²) < 4.78 is 4.06. The van der Waals surface area contributed by atoms with Crippen molar-refractivity contribution in [2.45, 2.75) is 31.7 Å². The summed E-state index contributed by atoms with van der Waals surface area (Å²) >= 11 is 1.51. The molecular formula is C11H18N4S. The van der Waals surface area contributed by atoms with E-state index in [2.05, 4.69) is 19.6 Å². The number of nitrogens with one attached hydrogen (secondary N) is 1. The topological polar surface area (TPSA) is 41.1 Å². The first kappa shape index (κ1) is 10.5. The van der Waals surface area contributed by atoms with Gasteiger partial charge in [0, 0.05) is 30.7 Å². The third-order valence-electron chi connectivity index (χ3n) is 3.51. The summed E-state index contributed by atoms with van der Waals surface area (Å²) in [6.45, 7) is 3.51. The molecule has 2 heterocycles. The van der Waals surface area contributed by atoms with Crippen LogP contribution in [0.1, 0.15) is 25.7 Å². The fourth-order valence-corrected chi connectivity index (χ4v) is 2.84. The zero-order valence-electron chi connectivity index (χ0n) is 9.43. The van der Waals surface area contributed by atoms with Crippen molar-refractivity contribution in [1.29, 1.82) is 0 Å². The molecule has 1 aromatic rings. The Morgan fingerprint density at radius 3 is 2.75 bits per heavy atom. The van der Waals surface area contributed by atoms with E-state index in [-0.39, 0.29) is 0 Å². The minimum Gasteiger partial charge on any atom is -0.347 e. The lowest BCUT2D eigenvalue weighted by molar-refractivity contribution is 0.382. The second-order valence-electron chi connectivity index (χ2n) is 4.84. The van der Waals surface area contributed by atoms with E-state index >= 15 is 0 Å². The van der Waals surface area contributed by atoms with Crippen LogP contribution in [0.5, 0.6) is 0 Å². The molecule has 2 fully saturated rings. The van der Waals surface area contributed by atoms with E-state index in [1.807, 2.05) is 0 Å². The fraction of sp³-hybridized carbons (Fsp3) is 0.818. The molecule has 0 radical (unpaired) electrons. The first-order valence-corrected chi connectivity index (χ1v) is 6.94. The van der Waals surface area contributed by atoms with Crippen LogP contribution < -0.4 is 10.2 Å². The van der Waals surface area contributed by atoms with Crippen LogP contribution in [0.2, 0.25) is 0 Å². The minimum absolute atomic E-state index is 0.848. The highest BCUT2D eigenvalue weighted by Crippen LogP contribution is 2.24. The number of aromatic nitrogens is 2. The van der Waals surface area contributed by atoms with Crippen LogP contribution in [-0.4, -0.2) is 35.0 Å². The summed E-state index contributed by atoms with van der Waals surface area (Å²) in [6.07, 6.45) is 7.02. The Bertz CT molecular complexity index is 315. The van der Waals surface area contributed by atoms with Gasteiger partial charge in [-0.3, -0.25) is 0 Å². The van der Waals surface area contributed by atoms with Crippen LogP contribution >= 0.6 is 11.5 Å². The third-order valence-corrected chi connectivity index (χ3v) is 4.23. The standard InChI is InChI=1S/C11H18N4S/c1-2-10(1)12-7-9-3-5-15(6-4-9)11-13-8-14-16-11/h8-10,12H,1-7H2. The van der Waals surface area contributed by atoms with Crippen molar-refractivity contribution in [3.63, 3.8) is 0 Å². The SMILES string of the molecule is c1nsc(N2CCC(CNC3CC3)CC2)n1. The van der Waals surface area contributed by atoms with Crippen molar-refractivity contribution in [2.24, 2.45) is 5.92 Å². The maximum atomic E-state index is 4.27. The Kier molecular flexibility index (Phi) is 3.06. The van der Waals surface area contributed by atoms with E-state index in [1.165, 1.54) is 43.8 Å². The lowest BCUT2D eigenvalue weighted by atomic mass is 9.97. The van der Waals surface area contributed by atoms with Gasteiger partial charge < -0.3 is 10.2 Å². The Morgan fingerprint density at radius 1 is 1.31 bits per heavy atom. The van der Waals surface area contributed by atoms with Gasteiger partial charge in [0.2, 0.25) is 5.13 Å². The lowest BCUT2D eigenvalue weighted by Crippen LogP contribution is -2.37. The number of anilines is 1. The predicted octanol–water partition coefficient (Wildman–Crippen LogP) is 1.51. The van der Waals surface area contributed by atoms with Gasteiger partial charge in [-0.1, -0.05) is 0 Å². The molecule has 1 saturated carbocycles. The highest BCUT2D eigenvalue weighted by Gasteiger charge is 2.24. The van der Waals surface area contributed by atoms with Crippen molar-refractivity contribution < 1.29 is 0 Å². The van der Waals surface area contributed by atoms with E-state index in [0.717, 1.165) is 30.2 Å². The van der Waals surface area contributed by atoms with Gasteiger partial charge in [-0.25, -0.2) is 4.98 Å². The Labute approximate surface area is 100 Å². The summed E-state index contributed by atoms with van der Waals surface area (Å²) in [5.41, 5.74) is 0. The van der Waals surface area contributed by atoms with Gasteiger partial charge in [0.15, 0.2) is 0 Å². The first-order valence-electron chi connectivity index (χ1n) is 6.17. The molecular weight excluding hydrogens is 220 g/mol. The molecule has 1 N–H and O–H groups in total. The van der Waals surface area contributed by atoms with Crippen molar-refractivity contribution in [3.8, 4) is 0 Å². The van der Waals surface area contributed by atoms with Crippen molar-refractivity contribution in [1.82, 2.24) is 14.7 Å². The molecule has 5 heteroatoms. The Morgan fingerprint density at radius 2 is 2.12 bits per heavy atom. The average molecular weight is 238 g/mol. The van der Waals surface area contributed by atoms with E-state index in [1.54, 1.807) is 6.33 Å². The zero-order valence-corrected chi connectivity index (χ0v) is 10.2. The first-order chi connectivity index (χ1) is 7.92. The summed E-state index contributed by atoms with van der Waals surface area (Å²) in [5.74, 6) is 0.866. The highest BCUT2D eigenvalue weighted by molar-refractivity contribution is 7.09. The average Bonchev–Trinajstić information content (AvgIpc) is 3.00. The van der Waals surface area contributed by atoms with E-state index in [9.17, 15) is 0 Å². The minimum atomic E-state index is 0.848. The summed E-state index contributed by atoms with van der Waals surface area (Å²) in [6, 6.07) is 0.848. The van der Waals surface area contributed by atoms with Gasteiger partial charge >= 0.3 is 0 Å². The molecule has 1 saturated heterocycles. The van der Waals surface area contributed by atoms with Gasteiger partial charge in [-0.05, 0) is 38.1 Å². The van der Waals surface area contributed by atoms with Crippen LogP contribution in [0.25, 0.3) is 0 Å². The molecule has 0 spiro atoms. The van der Waals surface area contributed by atoms with Crippen molar-refractivity contribution in [3.05, 3.63) is 6.33 Å². The molecule has 0 amide bonds. The van der Waals surface area contributed by atoms with Gasteiger partial charge in [-0.15, -0.1) is 0 Å². The molecule has 1 aliphatic carbocycles. The third kappa shape index (κ3) is 2.52. The smallest absolute Gasteiger partial charge is 0.204 e. The van der Waals surface area contributed by atoms with E-state index < -0.39 is 0 Å². The number of rotatable bonds is 4. The molecule has 88 valence electrons.